The zero-order valence-corrected chi connectivity index (χ0v) is 28.5. The molecule has 0 amide bonds. The Kier molecular flexibility index (Phi) is 6.12. The number of fused-ring (bicyclic) bond motifs is 10. The Labute approximate surface area is 304 Å². The highest BCUT2D eigenvalue weighted by molar-refractivity contribution is 6.00. The van der Waals surface area contributed by atoms with E-state index >= 15 is 0 Å². The Bertz CT molecular complexity index is 2540. The second-order valence-electron chi connectivity index (χ2n) is 14.0. The third-order valence-corrected chi connectivity index (χ3v) is 11.7. The predicted molar refractivity (Wildman–Crippen MR) is 213 cm³/mol. The van der Waals surface area contributed by atoms with E-state index in [9.17, 15) is 0 Å². The standard InChI is InChI=1S/C50H34N2/c1-4-19-35(20-5-1)49(36-21-6-2-7-22-36)38-25-10-16-33-46(38)52-47-34-17-13-28-41(47)50(43-30-18-29-42(49)48(43)52)39-26-11-14-31-44(39)51(37-23-8-3-9-24-37)45-32-15-12-27-40(45)50/h1-34H. The molecule has 3 heterocycles. The molecule has 8 aromatic carbocycles. The first-order valence-corrected chi connectivity index (χ1v) is 18.1. The maximum Gasteiger partial charge on any atom is 0.0783 e. The van der Waals surface area contributed by atoms with Crippen LogP contribution in [0.15, 0.2) is 206 Å². The molecule has 0 fully saturated rings. The zero-order chi connectivity index (χ0) is 34.3. The van der Waals surface area contributed by atoms with Crippen LogP contribution >= 0.6 is 0 Å². The van der Waals surface area contributed by atoms with Crippen molar-refractivity contribution in [2.75, 3.05) is 9.80 Å². The van der Waals surface area contributed by atoms with Gasteiger partial charge in [-0.15, -0.1) is 0 Å². The fourth-order valence-corrected chi connectivity index (χ4v) is 9.87. The van der Waals surface area contributed by atoms with E-state index in [0.717, 1.165) is 5.69 Å². The zero-order valence-electron chi connectivity index (χ0n) is 28.5. The molecule has 3 aliphatic heterocycles. The maximum atomic E-state index is 2.57. The Morgan fingerprint density at radius 2 is 0.577 bits per heavy atom. The predicted octanol–water partition coefficient (Wildman–Crippen LogP) is 12.3. The van der Waals surface area contributed by atoms with Gasteiger partial charge in [-0.05, 0) is 80.9 Å². The summed E-state index contributed by atoms with van der Waals surface area (Å²) in [6, 6.07) is 76.5. The Morgan fingerprint density at radius 3 is 1.04 bits per heavy atom. The van der Waals surface area contributed by atoms with Crippen molar-refractivity contribution < 1.29 is 0 Å². The lowest BCUT2D eigenvalue weighted by molar-refractivity contribution is 0.684. The average molecular weight is 663 g/mol. The van der Waals surface area contributed by atoms with Crippen molar-refractivity contribution in [1.29, 1.82) is 0 Å². The summed E-state index contributed by atoms with van der Waals surface area (Å²) >= 11 is 0. The van der Waals surface area contributed by atoms with E-state index in [4.69, 9.17) is 0 Å². The van der Waals surface area contributed by atoms with Crippen LogP contribution in [0.4, 0.5) is 34.1 Å². The van der Waals surface area contributed by atoms with Gasteiger partial charge in [0.2, 0.25) is 0 Å². The number of rotatable bonds is 3. The third-order valence-electron chi connectivity index (χ3n) is 11.7. The SMILES string of the molecule is c1ccc(N2c3ccccc3C3(c4ccccc42)c2ccccc2N2c4ccccc4C(c4ccccc4)(c4ccccc4)c4cccc3c42)cc1. The normalized spacial score (nSPS) is 15.2. The molecule has 0 aromatic heterocycles. The van der Waals surface area contributed by atoms with E-state index in [1.807, 2.05) is 0 Å². The van der Waals surface area contributed by atoms with Gasteiger partial charge < -0.3 is 9.80 Å². The van der Waals surface area contributed by atoms with E-state index in [0.29, 0.717) is 0 Å². The van der Waals surface area contributed by atoms with Gasteiger partial charge in [0, 0.05) is 5.69 Å². The molecule has 0 saturated carbocycles. The lowest BCUT2D eigenvalue weighted by Gasteiger charge is -2.55. The highest BCUT2D eigenvalue weighted by atomic mass is 15.2. The molecule has 8 aromatic rings. The van der Waals surface area contributed by atoms with Crippen molar-refractivity contribution in [3.05, 3.63) is 251 Å². The lowest BCUT2D eigenvalue weighted by Crippen LogP contribution is -2.45. The van der Waals surface area contributed by atoms with Crippen LogP contribution in [0.25, 0.3) is 0 Å². The van der Waals surface area contributed by atoms with Crippen molar-refractivity contribution in [2.45, 2.75) is 10.8 Å². The summed E-state index contributed by atoms with van der Waals surface area (Å²) in [5.74, 6) is 0. The molecule has 2 nitrogen and oxygen atoms in total. The largest absolute Gasteiger partial charge is 0.310 e. The summed E-state index contributed by atoms with van der Waals surface area (Å²) in [6.45, 7) is 0. The first kappa shape index (κ1) is 29.1. The minimum atomic E-state index is -0.595. The number of hydrogen-bond acceptors (Lipinski definition) is 2. The molecule has 244 valence electrons. The van der Waals surface area contributed by atoms with Crippen LogP contribution < -0.4 is 9.80 Å². The Morgan fingerprint density at radius 1 is 0.250 bits per heavy atom. The van der Waals surface area contributed by atoms with Crippen molar-refractivity contribution >= 4 is 34.1 Å². The van der Waals surface area contributed by atoms with Crippen molar-refractivity contribution in [1.82, 2.24) is 0 Å². The number of anilines is 6. The summed E-state index contributed by atoms with van der Waals surface area (Å²) in [5, 5.41) is 0. The molecule has 0 atom stereocenters. The lowest BCUT2D eigenvalue weighted by atomic mass is 9.56. The van der Waals surface area contributed by atoms with E-state index in [2.05, 4.69) is 216 Å². The second kappa shape index (κ2) is 10.9. The molecule has 0 N–H and O–H groups in total. The summed E-state index contributed by atoms with van der Waals surface area (Å²) in [6.07, 6.45) is 0. The topological polar surface area (TPSA) is 6.48 Å². The van der Waals surface area contributed by atoms with Crippen LogP contribution in [-0.4, -0.2) is 0 Å². The highest BCUT2D eigenvalue weighted by Crippen LogP contribution is 2.68. The molecule has 0 radical (unpaired) electrons. The van der Waals surface area contributed by atoms with E-state index in [-0.39, 0.29) is 0 Å². The first-order valence-electron chi connectivity index (χ1n) is 18.1. The van der Waals surface area contributed by atoms with Crippen LogP contribution in [0.3, 0.4) is 0 Å². The van der Waals surface area contributed by atoms with Gasteiger partial charge in [-0.2, -0.15) is 0 Å². The number of para-hydroxylation sites is 6. The van der Waals surface area contributed by atoms with Gasteiger partial charge in [0.25, 0.3) is 0 Å². The Balaban J connectivity index is 1.34. The van der Waals surface area contributed by atoms with Crippen LogP contribution in [-0.2, 0) is 10.8 Å². The smallest absolute Gasteiger partial charge is 0.0783 e. The van der Waals surface area contributed by atoms with Crippen LogP contribution in [0, 0.1) is 0 Å². The molecular formula is C50H34N2. The molecule has 2 heteroatoms. The molecule has 0 unspecified atom stereocenters. The van der Waals surface area contributed by atoms with Crippen LogP contribution in [0.1, 0.15) is 44.5 Å². The minimum Gasteiger partial charge on any atom is -0.310 e. The molecule has 3 aliphatic rings. The molecule has 0 saturated heterocycles. The van der Waals surface area contributed by atoms with Crippen LogP contribution in [0.5, 0.6) is 0 Å². The summed E-state index contributed by atoms with van der Waals surface area (Å²) < 4.78 is 0. The average Bonchev–Trinajstić information content (AvgIpc) is 3.23. The van der Waals surface area contributed by atoms with E-state index in [1.165, 1.54) is 72.9 Å². The summed E-state index contributed by atoms with van der Waals surface area (Å²) in [5.41, 5.74) is 16.3. The third kappa shape index (κ3) is 3.58. The molecule has 52 heavy (non-hydrogen) atoms. The maximum absolute atomic E-state index is 2.57. The first-order chi connectivity index (χ1) is 25.8. The monoisotopic (exact) mass is 662 g/mol. The number of benzene rings is 8. The molecule has 11 rings (SSSR count). The summed E-state index contributed by atoms with van der Waals surface area (Å²) in [4.78, 5) is 5.02. The molecule has 0 bridgehead atoms. The number of hydrogen-bond donors (Lipinski definition) is 0. The van der Waals surface area contributed by atoms with Gasteiger partial charge in [0.05, 0.1) is 39.3 Å². The fourth-order valence-electron chi connectivity index (χ4n) is 9.87. The van der Waals surface area contributed by atoms with E-state index < -0.39 is 10.8 Å². The van der Waals surface area contributed by atoms with Crippen molar-refractivity contribution in [3.63, 3.8) is 0 Å². The van der Waals surface area contributed by atoms with Gasteiger partial charge in [-0.1, -0.05) is 170 Å². The van der Waals surface area contributed by atoms with E-state index in [1.54, 1.807) is 0 Å². The Hall–Kier alpha value is -6.64. The van der Waals surface area contributed by atoms with Gasteiger partial charge >= 0.3 is 0 Å². The van der Waals surface area contributed by atoms with Crippen molar-refractivity contribution in [3.8, 4) is 0 Å². The quantitative estimate of drug-likeness (QED) is 0.186. The van der Waals surface area contributed by atoms with Gasteiger partial charge in [-0.3, -0.25) is 0 Å². The second-order valence-corrected chi connectivity index (χ2v) is 14.0. The van der Waals surface area contributed by atoms with Crippen LogP contribution in [0.2, 0.25) is 0 Å². The molecule has 1 spiro atoms. The minimum absolute atomic E-state index is 0.557. The number of nitrogens with zero attached hydrogens (tertiary/aromatic N) is 2. The summed E-state index contributed by atoms with van der Waals surface area (Å²) in [7, 11) is 0. The van der Waals surface area contributed by atoms with Gasteiger partial charge in [-0.25, -0.2) is 0 Å². The van der Waals surface area contributed by atoms with Gasteiger partial charge in [0.15, 0.2) is 0 Å². The molecular weight excluding hydrogens is 629 g/mol. The van der Waals surface area contributed by atoms with Crippen molar-refractivity contribution in [2.24, 2.45) is 0 Å². The molecule has 0 aliphatic carbocycles. The van der Waals surface area contributed by atoms with Gasteiger partial charge in [0.1, 0.15) is 0 Å². The highest BCUT2D eigenvalue weighted by Gasteiger charge is 2.56. The fraction of sp³-hybridized carbons (Fsp3) is 0.0400.